The van der Waals surface area contributed by atoms with E-state index in [4.69, 9.17) is 9.47 Å². The Labute approximate surface area is 141 Å². The molecule has 1 heterocycles. The summed E-state index contributed by atoms with van der Waals surface area (Å²) in [6.07, 6.45) is 0. The fraction of sp³-hybridized carbons (Fsp3) is 0.353. The van der Waals surface area contributed by atoms with E-state index in [0.717, 1.165) is 18.2 Å². The molecule has 0 aliphatic carbocycles. The van der Waals surface area contributed by atoms with Gasteiger partial charge in [0.05, 0.1) is 14.2 Å². The molecule has 5 nitrogen and oxygen atoms in total. The summed E-state index contributed by atoms with van der Waals surface area (Å²) in [5.41, 5.74) is 2.23. The zero-order valence-electron chi connectivity index (χ0n) is 13.9. The summed E-state index contributed by atoms with van der Waals surface area (Å²) >= 11 is 1.72. The Morgan fingerprint density at radius 3 is 2.61 bits per heavy atom. The minimum absolute atomic E-state index is 0.421. The molecule has 1 atom stereocenters. The van der Waals surface area contributed by atoms with E-state index >= 15 is 0 Å². The molecule has 2 aromatic rings. The maximum absolute atomic E-state index is 5.32. The van der Waals surface area contributed by atoms with Gasteiger partial charge in [0.25, 0.3) is 0 Å². The lowest BCUT2D eigenvalue weighted by Crippen LogP contribution is -2.33. The Kier molecular flexibility index (Phi) is 6.29. The number of hydrogen-bond donors (Lipinski definition) is 2. The minimum Gasteiger partial charge on any atom is -0.493 e. The van der Waals surface area contributed by atoms with Crippen molar-refractivity contribution in [2.45, 2.75) is 12.8 Å². The van der Waals surface area contributed by atoms with Crippen LogP contribution in [0.1, 0.15) is 18.4 Å². The number of benzene rings is 1. The molecule has 1 aromatic heterocycles. The summed E-state index contributed by atoms with van der Waals surface area (Å²) in [6.45, 7) is 3.00. The molecule has 124 valence electrons. The second-order valence-corrected chi connectivity index (χ2v) is 5.89. The van der Waals surface area contributed by atoms with Crippen molar-refractivity contribution in [3.8, 4) is 11.5 Å². The van der Waals surface area contributed by atoms with E-state index in [2.05, 4.69) is 39.4 Å². The molecule has 1 aromatic carbocycles. The van der Waals surface area contributed by atoms with E-state index in [0.29, 0.717) is 17.4 Å². The van der Waals surface area contributed by atoms with E-state index < -0.39 is 0 Å². The van der Waals surface area contributed by atoms with Gasteiger partial charge in [-0.25, -0.2) is 0 Å². The first-order valence-corrected chi connectivity index (χ1v) is 8.34. The molecule has 0 aliphatic heterocycles. The lowest BCUT2D eigenvalue weighted by Gasteiger charge is -2.16. The molecule has 1 unspecified atom stereocenters. The Balaban J connectivity index is 1.97. The second kappa shape index (κ2) is 8.43. The third-order valence-electron chi connectivity index (χ3n) is 3.56. The van der Waals surface area contributed by atoms with Crippen LogP contribution in [0.25, 0.3) is 0 Å². The smallest absolute Gasteiger partial charge is 0.195 e. The van der Waals surface area contributed by atoms with Crippen LogP contribution in [0.2, 0.25) is 0 Å². The number of nitrogens with zero attached hydrogens (tertiary/aromatic N) is 1. The molecule has 6 heteroatoms. The molecule has 0 radical (unpaired) electrons. The number of rotatable bonds is 6. The molecule has 2 rings (SSSR count). The Morgan fingerprint density at radius 1 is 1.22 bits per heavy atom. The highest BCUT2D eigenvalue weighted by atomic mass is 32.1. The molecular formula is C17H23N3O2S. The molecule has 2 N–H and O–H groups in total. The van der Waals surface area contributed by atoms with Crippen molar-refractivity contribution in [1.82, 2.24) is 5.32 Å². The van der Waals surface area contributed by atoms with Crippen LogP contribution in [0, 0.1) is 0 Å². The highest BCUT2D eigenvalue weighted by Gasteiger charge is 2.09. The van der Waals surface area contributed by atoms with Crippen LogP contribution < -0.4 is 20.1 Å². The molecule has 0 spiro atoms. The average Bonchev–Trinajstić information content (AvgIpc) is 3.12. The third kappa shape index (κ3) is 4.63. The number of thiophene rings is 1. The van der Waals surface area contributed by atoms with Gasteiger partial charge < -0.3 is 20.1 Å². The Hall–Kier alpha value is -2.21. The van der Waals surface area contributed by atoms with Crippen LogP contribution in [0.15, 0.2) is 40.0 Å². The van der Waals surface area contributed by atoms with Crippen LogP contribution in [-0.4, -0.2) is 33.8 Å². The van der Waals surface area contributed by atoms with Crippen molar-refractivity contribution < 1.29 is 9.47 Å². The van der Waals surface area contributed by atoms with Gasteiger partial charge in [-0.05, 0) is 40.4 Å². The SMILES string of the molecule is CN=C(NCC(C)c1ccsc1)Nc1ccc(OC)c(OC)c1. The van der Waals surface area contributed by atoms with Gasteiger partial charge in [-0.2, -0.15) is 11.3 Å². The number of nitrogens with one attached hydrogen (secondary N) is 2. The van der Waals surface area contributed by atoms with Crippen molar-refractivity contribution in [2.24, 2.45) is 4.99 Å². The molecule has 0 saturated heterocycles. The fourth-order valence-electron chi connectivity index (χ4n) is 2.15. The van der Waals surface area contributed by atoms with Gasteiger partial charge >= 0.3 is 0 Å². The molecule has 0 amide bonds. The van der Waals surface area contributed by atoms with Gasteiger partial charge in [-0.15, -0.1) is 0 Å². The van der Waals surface area contributed by atoms with Crippen molar-refractivity contribution >= 4 is 23.0 Å². The topological polar surface area (TPSA) is 54.9 Å². The van der Waals surface area contributed by atoms with Crippen molar-refractivity contribution in [3.63, 3.8) is 0 Å². The van der Waals surface area contributed by atoms with Crippen molar-refractivity contribution in [2.75, 3.05) is 33.1 Å². The monoisotopic (exact) mass is 333 g/mol. The van der Waals surface area contributed by atoms with Crippen molar-refractivity contribution in [1.29, 1.82) is 0 Å². The molecular weight excluding hydrogens is 310 g/mol. The fourth-order valence-corrected chi connectivity index (χ4v) is 2.94. The van der Waals surface area contributed by atoms with E-state index in [9.17, 15) is 0 Å². The van der Waals surface area contributed by atoms with E-state index in [-0.39, 0.29) is 0 Å². The predicted octanol–water partition coefficient (Wildman–Crippen LogP) is 3.56. The Bertz CT molecular complexity index is 641. The van der Waals surface area contributed by atoms with Gasteiger partial charge in [-0.3, -0.25) is 4.99 Å². The average molecular weight is 333 g/mol. The van der Waals surface area contributed by atoms with Gasteiger partial charge in [-0.1, -0.05) is 6.92 Å². The number of aliphatic imine (C=N–C) groups is 1. The molecule has 0 aliphatic rings. The maximum Gasteiger partial charge on any atom is 0.195 e. The van der Waals surface area contributed by atoms with Crippen LogP contribution in [0.3, 0.4) is 0 Å². The molecule has 0 fully saturated rings. The zero-order valence-corrected chi connectivity index (χ0v) is 14.7. The van der Waals surface area contributed by atoms with Gasteiger partial charge in [0.2, 0.25) is 0 Å². The summed E-state index contributed by atoms with van der Waals surface area (Å²) in [4.78, 5) is 4.26. The highest BCUT2D eigenvalue weighted by Crippen LogP contribution is 2.29. The molecule has 0 bridgehead atoms. The number of methoxy groups -OCH3 is 2. The Morgan fingerprint density at radius 2 is 2.00 bits per heavy atom. The summed E-state index contributed by atoms with van der Waals surface area (Å²) in [5.74, 6) is 2.52. The van der Waals surface area contributed by atoms with Crippen molar-refractivity contribution in [3.05, 3.63) is 40.6 Å². The first kappa shape index (κ1) is 17.1. The number of hydrogen-bond acceptors (Lipinski definition) is 4. The largest absolute Gasteiger partial charge is 0.493 e. The summed E-state index contributed by atoms with van der Waals surface area (Å²) in [7, 11) is 5.00. The van der Waals surface area contributed by atoms with E-state index in [1.807, 2.05) is 18.2 Å². The van der Waals surface area contributed by atoms with Gasteiger partial charge in [0.1, 0.15) is 0 Å². The zero-order chi connectivity index (χ0) is 16.7. The van der Waals surface area contributed by atoms with Crippen LogP contribution >= 0.6 is 11.3 Å². The van der Waals surface area contributed by atoms with E-state index in [1.54, 1.807) is 32.6 Å². The lowest BCUT2D eigenvalue weighted by molar-refractivity contribution is 0.355. The number of guanidine groups is 1. The maximum atomic E-state index is 5.32. The second-order valence-electron chi connectivity index (χ2n) is 5.11. The highest BCUT2D eigenvalue weighted by molar-refractivity contribution is 7.07. The van der Waals surface area contributed by atoms with E-state index in [1.165, 1.54) is 5.56 Å². The summed E-state index contributed by atoms with van der Waals surface area (Å²) in [6, 6.07) is 7.83. The number of anilines is 1. The molecule has 0 saturated carbocycles. The van der Waals surface area contributed by atoms with Crippen LogP contribution in [-0.2, 0) is 0 Å². The van der Waals surface area contributed by atoms with Gasteiger partial charge in [0, 0.05) is 25.3 Å². The number of ether oxygens (including phenoxy) is 2. The van der Waals surface area contributed by atoms with Crippen LogP contribution in [0.5, 0.6) is 11.5 Å². The minimum atomic E-state index is 0.421. The van der Waals surface area contributed by atoms with Gasteiger partial charge in [0.15, 0.2) is 17.5 Å². The molecule has 23 heavy (non-hydrogen) atoms. The lowest BCUT2D eigenvalue weighted by atomic mass is 10.1. The quantitative estimate of drug-likeness (QED) is 0.627. The standard InChI is InChI=1S/C17H23N3O2S/c1-12(13-7-8-23-11-13)10-19-17(18-2)20-14-5-6-15(21-3)16(9-14)22-4/h5-9,11-12H,10H2,1-4H3,(H2,18,19,20). The normalized spacial score (nSPS) is 12.6. The predicted molar refractivity (Wildman–Crippen MR) is 97.3 cm³/mol. The summed E-state index contributed by atoms with van der Waals surface area (Å²) < 4.78 is 10.6. The van der Waals surface area contributed by atoms with Crippen LogP contribution in [0.4, 0.5) is 5.69 Å². The first-order valence-electron chi connectivity index (χ1n) is 7.39. The first-order chi connectivity index (χ1) is 11.2. The third-order valence-corrected chi connectivity index (χ3v) is 4.26. The summed E-state index contributed by atoms with van der Waals surface area (Å²) in [5, 5.41) is 10.9.